The van der Waals surface area contributed by atoms with Gasteiger partial charge in [-0.05, 0) is 25.1 Å². The van der Waals surface area contributed by atoms with E-state index in [2.05, 4.69) is 10.3 Å². The Bertz CT molecular complexity index is 1020. The Morgan fingerprint density at radius 1 is 1.23 bits per heavy atom. The van der Waals surface area contributed by atoms with Crippen LogP contribution in [-0.2, 0) is 0 Å². The zero-order chi connectivity index (χ0) is 19.0. The predicted octanol–water partition coefficient (Wildman–Crippen LogP) is 5.15. The van der Waals surface area contributed by atoms with Crippen LogP contribution in [0.3, 0.4) is 0 Å². The minimum atomic E-state index is -1.68. The van der Waals surface area contributed by atoms with Crippen molar-refractivity contribution >= 4 is 34.5 Å². The number of aromatic nitrogens is 1. The molecule has 3 aromatic rings. The second-order valence-electron chi connectivity index (χ2n) is 5.25. The summed E-state index contributed by atoms with van der Waals surface area (Å²) in [4.78, 5) is 16.6. The molecule has 0 aliphatic heterocycles. The molecule has 0 saturated carbocycles. The molecular weight excluding hydrogens is 389 g/mol. The van der Waals surface area contributed by atoms with E-state index in [0.29, 0.717) is 16.8 Å². The lowest BCUT2D eigenvalue weighted by Crippen LogP contribution is -2.11. The lowest BCUT2D eigenvalue weighted by atomic mass is 10.2. The van der Waals surface area contributed by atoms with Crippen molar-refractivity contribution in [1.82, 2.24) is 4.98 Å². The molecule has 0 unspecified atom stereocenters. The summed E-state index contributed by atoms with van der Waals surface area (Å²) in [6.45, 7) is 1.51. The number of anilines is 1. The van der Waals surface area contributed by atoms with Gasteiger partial charge in [0.15, 0.2) is 17.4 Å². The molecule has 0 aliphatic rings. The van der Waals surface area contributed by atoms with Gasteiger partial charge in [0, 0.05) is 0 Å². The fraction of sp³-hybridized carbons (Fsp3) is 0.0588. The number of carbonyl (C=O) groups excluding carboxylic acids is 1. The van der Waals surface area contributed by atoms with E-state index >= 15 is 0 Å². The molecule has 9 heteroatoms. The smallest absolute Gasteiger partial charge is 0.267 e. The Hall–Kier alpha value is -2.58. The molecule has 0 fully saturated rings. The molecule has 1 amide bonds. The summed E-state index contributed by atoms with van der Waals surface area (Å²) in [6.07, 6.45) is 0. The van der Waals surface area contributed by atoms with Crippen molar-refractivity contribution in [2.75, 3.05) is 5.32 Å². The summed E-state index contributed by atoms with van der Waals surface area (Å²) in [7, 11) is 0. The van der Waals surface area contributed by atoms with E-state index in [1.807, 2.05) is 0 Å². The van der Waals surface area contributed by atoms with E-state index in [4.69, 9.17) is 11.6 Å². The van der Waals surface area contributed by atoms with Gasteiger partial charge < -0.3 is 10.4 Å². The zero-order valence-corrected chi connectivity index (χ0v) is 14.7. The molecule has 1 heterocycles. The summed E-state index contributed by atoms with van der Waals surface area (Å²) in [5, 5.41) is 12.2. The van der Waals surface area contributed by atoms with Crippen LogP contribution in [0.25, 0.3) is 10.6 Å². The van der Waals surface area contributed by atoms with Crippen molar-refractivity contribution in [1.29, 1.82) is 0 Å². The van der Waals surface area contributed by atoms with Gasteiger partial charge in [-0.3, -0.25) is 4.79 Å². The Labute approximate surface area is 154 Å². The SMILES string of the molecule is Cc1nc(-c2cc(F)c(F)c(O)c2F)sc1C(=O)Nc1ccccc1Cl. The highest BCUT2D eigenvalue weighted by atomic mass is 35.5. The van der Waals surface area contributed by atoms with Gasteiger partial charge in [-0.15, -0.1) is 11.3 Å². The number of hydrogen-bond donors (Lipinski definition) is 2. The quantitative estimate of drug-likeness (QED) is 0.600. The molecule has 2 aromatic carbocycles. The monoisotopic (exact) mass is 398 g/mol. The van der Waals surface area contributed by atoms with Crippen molar-refractivity contribution in [3.63, 3.8) is 0 Å². The zero-order valence-electron chi connectivity index (χ0n) is 13.1. The number of rotatable bonds is 3. The number of hydrogen-bond acceptors (Lipinski definition) is 4. The first-order valence-corrected chi connectivity index (χ1v) is 8.39. The summed E-state index contributed by atoms with van der Waals surface area (Å²) < 4.78 is 40.8. The van der Waals surface area contributed by atoms with Gasteiger partial charge in [0.25, 0.3) is 5.91 Å². The number of phenolic OH excluding ortho intramolecular Hbond substituents is 1. The third-order valence-electron chi connectivity index (χ3n) is 3.49. The van der Waals surface area contributed by atoms with Crippen LogP contribution >= 0.6 is 22.9 Å². The molecule has 1 aromatic heterocycles. The maximum Gasteiger partial charge on any atom is 0.267 e. The number of halogens is 4. The third-order valence-corrected chi connectivity index (χ3v) is 5.01. The van der Waals surface area contributed by atoms with Crippen LogP contribution in [0, 0.1) is 24.4 Å². The van der Waals surface area contributed by atoms with Gasteiger partial charge in [0.1, 0.15) is 9.88 Å². The highest BCUT2D eigenvalue weighted by molar-refractivity contribution is 7.17. The maximum absolute atomic E-state index is 14.1. The van der Waals surface area contributed by atoms with Crippen molar-refractivity contribution in [3.8, 4) is 16.3 Å². The summed E-state index contributed by atoms with van der Waals surface area (Å²) in [5.74, 6) is -6.43. The van der Waals surface area contributed by atoms with Crippen molar-refractivity contribution < 1.29 is 23.1 Å². The normalized spacial score (nSPS) is 10.8. The van der Waals surface area contributed by atoms with E-state index < -0.39 is 34.7 Å². The fourth-order valence-corrected chi connectivity index (χ4v) is 3.36. The summed E-state index contributed by atoms with van der Waals surface area (Å²) in [6, 6.07) is 7.17. The first-order chi connectivity index (χ1) is 12.3. The van der Waals surface area contributed by atoms with Crippen LogP contribution in [0.2, 0.25) is 5.02 Å². The molecule has 0 bridgehead atoms. The van der Waals surface area contributed by atoms with Crippen LogP contribution < -0.4 is 5.32 Å². The molecule has 0 atom stereocenters. The number of carbonyl (C=O) groups is 1. The van der Waals surface area contributed by atoms with Gasteiger partial charge in [-0.2, -0.15) is 4.39 Å². The highest BCUT2D eigenvalue weighted by Gasteiger charge is 2.23. The molecule has 0 spiro atoms. The molecule has 0 aliphatic carbocycles. The summed E-state index contributed by atoms with van der Waals surface area (Å²) in [5.41, 5.74) is 0.203. The van der Waals surface area contributed by atoms with Gasteiger partial charge in [0.2, 0.25) is 5.82 Å². The number of aryl methyl sites for hydroxylation is 1. The van der Waals surface area contributed by atoms with E-state index in [0.717, 1.165) is 11.3 Å². The van der Waals surface area contributed by atoms with Crippen LogP contribution in [0.15, 0.2) is 30.3 Å². The molecule has 3 rings (SSSR count). The number of para-hydroxylation sites is 1. The average Bonchev–Trinajstić information content (AvgIpc) is 3.00. The second-order valence-corrected chi connectivity index (χ2v) is 6.66. The lowest BCUT2D eigenvalue weighted by Gasteiger charge is -2.05. The maximum atomic E-state index is 14.1. The average molecular weight is 399 g/mol. The molecule has 134 valence electrons. The molecule has 0 saturated heterocycles. The number of benzene rings is 2. The highest BCUT2D eigenvalue weighted by Crippen LogP contribution is 2.36. The molecule has 0 radical (unpaired) electrons. The van der Waals surface area contributed by atoms with Gasteiger partial charge in [0.05, 0.1) is 22.0 Å². The van der Waals surface area contributed by atoms with Gasteiger partial charge >= 0.3 is 0 Å². The lowest BCUT2D eigenvalue weighted by molar-refractivity contribution is 0.103. The number of thiazole rings is 1. The molecule has 26 heavy (non-hydrogen) atoms. The number of amides is 1. The van der Waals surface area contributed by atoms with Crippen LogP contribution in [0.5, 0.6) is 5.75 Å². The minimum Gasteiger partial charge on any atom is -0.503 e. The number of nitrogens with one attached hydrogen (secondary N) is 1. The number of phenols is 1. The molecule has 2 N–H and O–H groups in total. The Kier molecular flexibility index (Phi) is 4.88. The molecular formula is C17H10ClF3N2O2S. The Morgan fingerprint density at radius 2 is 1.92 bits per heavy atom. The number of aromatic hydroxyl groups is 1. The minimum absolute atomic E-state index is 0.0708. The van der Waals surface area contributed by atoms with Gasteiger partial charge in [-0.1, -0.05) is 23.7 Å². The van der Waals surface area contributed by atoms with E-state index in [-0.39, 0.29) is 15.6 Å². The first kappa shape index (κ1) is 18.2. The van der Waals surface area contributed by atoms with Crippen molar-refractivity contribution in [2.24, 2.45) is 0 Å². The van der Waals surface area contributed by atoms with Crippen molar-refractivity contribution in [3.05, 3.63) is 63.4 Å². The van der Waals surface area contributed by atoms with Gasteiger partial charge in [-0.25, -0.2) is 13.8 Å². The fourth-order valence-electron chi connectivity index (χ4n) is 2.21. The Balaban J connectivity index is 1.98. The topological polar surface area (TPSA) is 62.2 Å². The third kappa shape index (κ3) is 3.25. The van der Waals surface area contributed by atoms with E-state index in [1.165, 1.54) is 6.92 Å². The summed E-state index contributed by atoms with van der Waals surface area (Å²) >= 11 is 6.76. The Morgan fingerprint density at radius 3 is 2.62 bits per heavy atom. The standard InChI is InChI=1S/C17H10ClF3N2O2S/c1-7-15(16(25)23-11-5-3-2-4-9(11)18)26-17(22-7)8-6-10(19)13(21)14(24)12(8)20/h2-6,24H,1H3,(H,23,25). The van der Waals surface area contributed by atoms with Crippen molar-refractivity contribution in [2.45, 2.75) is 6.92 Å². The van der Waals surface area contributed by atoms with E-state index in [1.54, 1.807) is 24.3 Å². The second kappa shape index (κ2) is 6.97. The van der Waals surface area contributed by atoms with Crippen LogP contribution in [0.4, 0.5) is 18.9 Å². The van der Waals surface area contributed by atoms with E-state index in [9.17, 15) is 23.1 Å². The first-order valence-electron chi connectivity index (χ1n) is 7.19. The number of nitrogens with zero attached hydrogens (tertiary/aromatic N) is 1. The largest absolute Gasteiger partial charge is 0.503 e. The van der Waals surface area contributed by atoms with Crippen LogP contribution in [0.1, 0.15) is 15.4 Å². The molecule has 4 nitrogen and oxygen atoms in total. The predicted molar refractivity (Wildman–Crippen MR) is 93.2 cm³/mol. The van der Waals surface area contributed by atoms with Crippen LogP contribution in [-0.4, -0.2) is 16.0 Å².